The van der Waals surface area contributed by atoms with E-state index in [0.717, 1.165) is 24.0 Å². The predicted octanol–water partition coefficient (Wildman–Crippen LogP) is 3.25. The van der Waals surface area contributed by atoms with Gasteiger partial charge in [0.05, 0.1) is 0 Å². The fourth-order valence-electron chi connectivity index (χ4n) is 1.66. The van der Waals surface area contributed by atoms with Gasteiger partial charge in [0.1, 0.15) is 11.5 Å². The Morgan fingerprint density at radius 2 is 2.06 bits per heavy atom. The molecular weight excluding hydrogens is 200 g/mol. The van der Waals surface area contributed by atoms with Gasteiger partial charge < -0.3 is 5.11 Å². The number of ketones is 1. The summed E-state index contributed by atoms with van der Waals surface area (Å²) in [4.78, 5) is 11.4. The summed E-state index contributed by atoms with van der Waals surface area (Å²) in [6, 6.07) is 5.59. The number of hydrogen-bond acceptors (Lipinski definition) is 2. The van der Waals surface area contributed by atoms with Crippen LogP contribution in [0.15, 0.2) is 18.2 Å². The largest absolute Gasteiger partial charge is 0.508 e. The van der Waals surface area contributed by atoms with Gasteiger partial charge in [-0.2, -0.15) is 0 Å². The molecule has 0 spiro atoms. The van der Waals surface area contributed by atoms with Crippen LogP contribution in [0.3, 0.4) is 0 Å². The van der Waals surface area contributed by atoms with E-state index in [1.165, 1.54) is 0 Å². The Hall–Kier alpha value is -1.31. The molecule has 0 saturated heterocycles. The first-order valence-corrected chi connectivity index (χ1v) is 5.82. The first kappa shape index (κ1) is 12.8. The average Bonchev–Trinajstić information content (AvgIpc) is 2.22. The Bertz CT molecular complexity index is 367. The Morgan fingerprint density at radius 3 is 2.69 bits per heavy atom. The van der Waals surface area contributed by atoms with Crippen LogP contribution in [0.25, 0.3) is 0 Å². The number of phenolic OH excluding ortho intramolecular Hbond substituents is 1. The van der Waals surface area contributed by atoms with Gasteiger partial charge in [0.2, 0.25) is 0 Å². The van der Waals surface area contributed by atoms with Crippen molar-refractivity contribution in [1.29, 1.82) is 0 Å². The molecule has 0 radical (unpaired) electrons. The Balaban J connectivity index is 2.49. The molecule has 0 unspecified atom stereocenters. The van der Waals surface area contributed by atoms with Gasteiger partial charge in [0, 0.05) is 12.3 Å². The minimum Gasteiger partial charge on any atom is -0.508 e. The highest BCUT2D eigenvalue weighted by Crippen LogP contribution is 2.20. The van der Waals surface area contributed by atoms with Crippen molar-refractivity contribution in [1.82, 2.24) is 0 Å². The molecule has 0 amide bonds. The second-order valence-corrected chi connectivity index (χ2v) is 4.61. The Kier molecular flexibility index (Phi) is 4.53. The highest BCUT2D eigenvalue weighted by Gasteiger charge is 2.07. The van der Waals surface area contributed by atoms with E-state index in [-0.39, 0.29) is 5.92 Å². The normalized spacial score (nSPS) is 10.8. The Labute approximate surface area is 97.3 Å². The van der Waals surface area contributed by atoms with Gasteiger partial charge in [-0.15, -0.1) is 0 Å². The Morgan fingerprint density at radius 1 is 1.38 bits per heavy atom. The average molecular weight is 220 g/mol. The smallest absolute Gasteiger partial charge is 0.135 e. The highest BCUT2D eigenvalue weighted by molar-refractivity contribution is 5.80. The topological polar surface area (TPSA) is 37.3 Å². The van der Waals surface area contributed by atoms with Crippen LogP contribution >= 0.6 is 0 Å². The third kappa shape index (κ3) is 3.69. The number of Topliss-reactive ketones (excluding diaryl/α,β-unsaturated/α-hetero) is 1. The summed E-state index contributed by atoms with van der Waals surface area (Å²) in [6.07, 6.45) is 2.19. The number of benzene rings is 1. The number of hydrogen-bond donors (Lipinski definition) is 1. The molecule has 0 bridgehead atoms. The molecule has 0 saturated carbocycles. The van der Waals surface area contributed by atoms with Crippen molar-refractivity contribution in [2.24, 2.45) is 5.92 Å². The highest BCUT2D eigenvalue weighted by atomic mass is 16.3. The first-order valence-electron chi connectivity index (χ1n) is 5.82. The minimum absolute atomic E-state index is 0.117. The van der Waals surface area contributed by atoms with Gasteiger partial charge in [-0.05, 0) is 31.4 Å². The van der Waals surface area contributed by atoms with Crippen LogP contribution in [0.4, 0.5) is 0 Å². The number of carbonyl (C=O) groups is 1. The fraction of sp³-hybridized carbons (Fsp3) is 0.500. The third-order valence-electron chi connectivity index (χ3n) is 2.75. The molecule has 2 nitrogen and oxygen atoms in total. The predicted molar refractivity (Wildman–Crippen MR) is 65.6 cm³/mol. The van der Waals surface area contributed by atoms with Crippen LogP contribution in [-0.2, 0) is 11.2 Å². The van der Waals surface area contributed by atoms with Crippen molar-refractivity contribution in [2.75, 3.05) is 0 Å². The van der Waals surface area contributed by atoms with Gasteiger partial charge in [0.25, 0.3) is 0 Å². The lowest BCUT2D eigenvalue weighted by Gasteiger charge is -2.06. The van der Waals surface area contributed by atoms with Crippen molar-refractivity contribution in [2.45, 2.75) is 40.0 Å². The van der Waals surface area contributed by atoms with E-state index in [4.69, 9.17) is 0 Å². The molecule has 16 heavy (non-hydrogen) atoms. The second-order valence-electron chi connectivity index (χ2n) is 4.61. The lowest BCUT2D eigenvalue weighted by Crippen LogP contribution is -2.06. The van der Waals surface area contributed by atoms with Crippen molar-refractivity contribution in [3.63, 3.8) is 0 Å². The molecule has 0 fully saturated rings. The van der Waals surface area contributed by atoms with E-state index in [1.807, 2.05) is 32.9 Å². The quantitative estimate of drug-likeness (QED) is 0.827. The number of rotatable bonds is 5. The van der Waals surface area contributed by atoms with Gasteiger partial charge >= 0.3 is 0 Å². The van der Waals surface area contributed by atoms with Crippen LogP contribution in [0.2, 0.25) is 0 Å². The lowest BCUT2D eigenvalue weighted by atomic mass is 10.00. The summed E-state index contributed by atoms with van der Waals surface area (Å²) in [6.45, 7) is 5.85. The first-order chi connectivity index (χ1) is 7.50. The van der Waals surface area contributed by atoms with Gasteiger partial charge in [-0.1, -0.05) is 31.5 Å². The zero-order chi connectivity index (χ0) is 12.1. The van der Waals surface area contributed by atoms with E-state index in [1.54, 1.807) is 6.07 Å². The molecule has 2 heteroatoms. The van der Waals surface area contributed by atoms with Crippen LogP contribution in [-0.4, -0.2) is 10.9 Å². The molecule has 0 aliphatic heterocycles. The zero-order valence-corrected chi connectivity index (χ0v) is 10.3. The third-order valence-corrected chi connectivity index (χ3v) is 2.75. The molecule has 88 valence electrons. The molecule has 0 aromatic heterocycles. The molecule has 1 aromatic carbocycles. The van der Waals surface area contributed by atoms with Crippen molar-refractivity contribution in [3.8, 4) is 5.75 Å². The molecular formula is C14H20O2. The van der Waals surface area contributed by atoms with Gasteiger partial charge in [-0.25, -0.2) is 0 Å². The van der Waals surface area contributed by atoms with Crippen LogP contribution in [0.1, 0.15) is 37.8 Å². The van der Waals surface area contributed by atoms with E-state index < -0.39 is 0 Å². The molecule has 0 aliphatic carbocycles. The number of aryl methyl sites for hydroxylation is 2. The SMILES string of the molecule is Cc1ccc(O)c(CCCC(=O)C(C)C)c1. The van der Waals surface area contributed by atoms with Crippen LogP contribution in [0.5, 0.6) is 5.75 Å². The van der Waals surface area contributed by atoms with E-state index in [0.29, 0.717) is 18.0 Å². The zero-order valence-electron chi connectivity index (χ0n) is 10.3. The van der Waals surface area contributed by atoms with E-state index in [9.17, 15) is 9.90 Å². The minimum atomic E-state index is 0.117. The molecule has 0 aliphatic rings. The van der Waals surface area contributed by atoms with Crippen LogP contribution in [0, 0.1) is 12.8 Å². The molecule has 1 rings (SSSR count). The standard InChI is InChI=1S/C14H20O2/c1-10(2)13(15)6-4-5-12-9-11(3)7-8-14(12)16/h7-10,16H,4-6H2,1-3H3. The van der Waals surface area contributed by atoms with Crippen LogP contribution < -0.4 is 0 Å². The summed E-state index contributed by atoms with van der Waals surface area (Å²) in [5, 5.41) is 9.62. The lowest BCUT2D eigenvalue weighted by molar-refractivity contribution is -0.121. The monoisotopic (exact) mass is 220 g/mol. The number of aromatic hydroxyl groups is 1. The molecule has 1 aromatic rings. The van der Waals surface area contributed by atoms with Crippen molar-refractivity contribution in [3.05, 3.63) is 29.3 Å². The maximum atomic E-state index is 11.4. The summed E-state index contributed by atoms with van der Waals surface area (Å²) < 4.78 is 0. The maximum absolute atomic E-state index is 11.4. The molecule has 0 atom stereocenters. The fourth-order valence-corrected chi connectivity index (χ4v) is 1.66. The molecule has 1 N–H and O–H groups in total. The van der Waals surface area contributed by atoms with Crippen molar-refractivity contribution < 1.29 is 9.90 Å². The second kappa shape index (κ2) is 5.69. The van der Waals surface area contributed by atoms with E-state index >= 15 is 0 Å². The van der Waals surface area contributed by atoms with E-state index in [2.05, 4.69) is 0 Å². The summed E-state index contributed by atoms with van der Waals surface area (Å²) >= 11 is 0. The van der Waals surface area contributed by atoms with Gasteiger partial charge in [0.15, 0.2) is 0 Å². The summed E-state index contributed by atoms with van der Waals surface area (Å²) in [5.74, 6) is 0.751. The summed E-state index contributed by atoms with van der Waals surface area (Å²) in [5.41, 5.74) is 2.08. The number of carbonyl (C=O) groups excluding carboxylic acids is 1. The molecule has 0 heterocycles. The van der Waals surface area contributed by atoms with Gasteiger partial charge in [-0.3, -0.25) is 4.79 Å². The van der Waals surface area contributed by atoms with Crippen molar-refractivity contribution >= 4 is 5.78 Å². The summed E-state index contributed by atoms with van der Waals surface area (Å²) in [7, 11) is 0. The maximum Gasteiger partial charge on any atom is 0.135 e. The number of phenols is 1.